The Balaban J connectivity index is 2.13. The van der Waals surface area contributed by atoms with Gasteiger partial charge in [-0.2, -0.15) is 0 Å². The first kappa shape index (κ1) is 21.4. The van der Waals surface area contributed by atoms with Crippen LogP contribution in [0.25, 0.3) is 0 Å². The second-order valence-corrected chi connectivity index (χ2v) is 7.36. The van der Waals surface area contributed by atoms with Crippen LogP contribution in [0, 0.1) is 5.92 Å². The number of amides is 1. The van der Waals surface area contributed by atoms with Crippen LogP contribution in [0.1, 0.15) is 72.1 Å². The molecular weight excluding hydrogens is 310 g/mol. The lowest BCUT2D eigenvalue weighted by molar-refractivity contribution is -0.242. The van der Waals surface area contributed by atoms with E-state index >= 15 is 0 Å². The van der Waals surface area contributed by atoms with Gasteiger partial charge in [0.2, 0.25) is 5.91 Å². The number of hydrogen-bond donors (Lipinski definition) is 4. The van der Waals surface area contributed by atoms with Crippen LogP contribution in [0.4, 0.5) is 0 Å². The molecule has 1 aliphatic heterocycles. The van der Waals surface area contributed by atoms with E-state index in [1.807, 2.05) is 0 Å². The molecule has 0 aromatic carbocycles. The summed E-state index contributed by atoms with van der Waals surface area (Å²) in [5.41, 5.74) is 0. The zero-order valence-corrected chi connectivity index (χ0v) is 15.3. The lowest BCUT2D eigenvalue weighted by atomic mass is 9.97. The molecule has 1 saturated heterocycles. The second-order valence-electron chi connectivity index (χ2n) is 7.36. The van der Waals surface area contributed by atoms with Crippen molar-refractivity contribution in [2.24, 2.45) is 5.92 Å². The molecular formula is C18H35NO5. The Labute approximate surface area is 145 Å². The molecule has 0 bridgehead atoms. The van der Waals surface area contributed by atoms with Gasteiger partial charge in [-0.15, -0.1) is 0 Å². The van der Waals surface area contributed by atoms with Crippen LogP contribution in [0.3, 0.4) is 0 Å². The Morgan fingerprint density at radius 3 is 2.21 bits per heavy atom. The Kier molecular flexibility index (Phi) is 9.81. The van der Waals surface area contributed by atoms with E-state index in [-0.39, 0.29) is 5.91 Å². The van der Waals surface area contributed by atoms with E-state index in [1.54, 1.807) is 6.92 Å². The van der Waals surface area contributed by atoms with Crippen molar-refractivity contribution in [2.45, 2.75) is 103 Å². The zero-order chi connectivity index (χ0) is 18.1. The molecule has 24 heavy (non-hydrogen) atoms. The molecule has 0 unspecified atom stereocenters. The third-order valence-corrected chi connectivity index (χ3v) is 4.62. The Hall–Kier alpha value is -0.690. The van der Waals surface area contributed by atoms with Crippen molar-refractivity contribution in [3.8, 4) is 0 Å². The first-order valence-corrected chi connectivity index (χ1v) is 9.32. The standard InChI is InChI=1S/C18H35NO5/c1-12(2)10-8-6-4-5-7-9-11-14(20)19-15-17(22)16(21)13(3)24-18(15)23/h12-13,15-18,21-23H,4-11H2,1-3H3,(H,19,20)/t13-,15-,16-,17-,18-/m1/s1. The highest BCUT2D eigenvalue weighted by molar-refractivity contribution is 5.76. The largest absolute Gasteiger partial charge is 0.388 e. The van der Waals surface area contributed by atoms with E-state index in [2.05, 4.69) is 19.2 Å². The van der Waals surface area contributed by atoms with Gasteiger partial charge in [0.15, 0.2) is 6.29 Å². The molecule has 6 nitrogen and oxygen atoms in total. The van der Waals surface area contributed by atoms with Crippen LogP contribution in [-0.2, 0) is 9.53 Å². The van der Waals surface area contributed by atoms with E-state index in [1.165, 1.54) is 25.7 Å². The fourth-order valence-electron chi connectivity index (χ4n) is 3.00. The Morgan fingerprint density at radius 2 is 1.58 bits per heavy atom. The van der Waals surface area contributed by atoms with Gasteiger partial charge in [-0.3, -0.25) is 4.79 Å². The highest BCUT2D eigenvalue weighted by Gasteiger charge is 2.42. The van der Waals surface area contributed by atoms with Gasteiger partial charge in [-0.1, -0.05) is 52.4 Å². The van der Waals surface area contributed by atoms with Crippen LogP contribution in [0.2, 0.25) is 0 Å². The normalized spacial score (nSPS) is 30.5. The monoisotopic (exact) mass is 345 g/mol. The number of rotatable bonds is 10. The minimum Gasteiger partial charge on any atom is -0.388 e. The molecule has 0 aromatic rings. The topological polar surface area (TPSA) is 99.0 Å². The molecule has 0 aromatic heterocycles. The minimum absolute atomic E-state index is 0.233. The number of aliphatic hydroxyl groups is 3. The zero-order valence-electron chi connectivity index (χ0n) is 15.3. The molecule has 142 valence electrons. The lowest BCUT2D eigenvalue weighted by Gasteiger charge is -2.39. The van der Waals surface area contributed by atoms with Crippen LogP contribution in [-0.4, -0.2) is 51.9 Å². The molecule has 5 atom stereocenters. The molecule has 0 saturated carbocycles. The highest BCUT2D eigenvalue weighted by Crippen LogP contribution is 2.19. The number of carbonyl (C=O) groups is 1. The highest BCUT2D eigenvalue weighted by atomic mass is 16.6. The number of nitrogens with one attached hydrogen (secondary N) is 1. The summed E-state index contributed by atoms with van der Waals surface area (Å²) in [5, 5.41) is 32.1. The third kappa shape index (κ3) is 7.47. The molecule has 1 fully saturated rings. The van der Waals surface area contributed by atoms with Gasteiger partial charge in [0.1, 0.15) is 18.2 Å². The van der Waals surface area contributed by atoms with Gasteiger partial charge in [-0.05, 0) is 19.3 Å². The van der Waals surface area contributed by atoms with Crippen molar-refractivity contribution in [3.05, 3.63) is 0 Å². The predicted molar refractivity (Wildman–Crippen MR) is 92.3 cm³/mol. The number of carbonyl (C=O) groups excluding carboxylic acids is 1. The Morgan fingerprint density at radius 1 is 1.00 bits per heavy atom. The number of ether oxygens (including phenoxy) is 1. The third-order valence-electron chi connectivity index (χ3n) is 4.62. The molecule has 0 radical (unpaired) electrons. The first-order valence-electron chi connectivity index (χ1n) is 9.32. The van der Waals surface area contributed by atoms with Crippen molar-refractivity contribution in [2.75, 3.05) is 0 Å². The smallest absolute Gasteiger partial charge is 0.220 e. The number of hydrogen-bond acceptors (Lipinski definition) is 5. The van der Waals surface area contributed by atoms with Crippen molar-refractivity contribution in [3.63, 3.8) is 0 Å². The van der Waals surface area contributed by atoms with Crippen LogP contribution >= 0.6 is 0 Å². The number of unbranched alkanes of at least 4 members (excludes halogenated alkanes) is 5. The summed E-state index contributed by atoms with van der Waals surface area (Å²) in [6, 6.07) is -0.986. The first-order chi connectivity index (χ1) is 11.3. The van der Waals surface area contributed by atoms with E-state index in [0.29, 0.717) is 6.42 Å². The van der Waals surface area contributed by atoms with Gasteiger partial charge in [-0.25, -0.2) is 0 Å². The van der Waals surface area contributed by atoms with Crippen molar-refractivity contribution in [1.82, 2.24) is 5.32 Å². The molecule has 4 N–H and O–H groups in total. The van der Waals surface area contributed by atoms with Crippen molar-refractivity contribution < 1.29 is 24.9 Å². The van der Waals surface area contributed by atoms with Crippen molar-refractivity contribution in [1.29, 1.82) is 0 Å². The van der Waals surface area contributed by atoms with E-state index in [0.717, 1.165) is 25.2 Å². The summed E-state index contributed by atoms with van der Waals surface area (Å²) < 4.78 is 5.11. The van der Waals surface area contributed by atoms with E-state index in [4.69, 9.17) is 4.74 Å². The average molecular weight is 345 g/mol. The quantitative estimate of drug-likeness (QED) is 0.452. The summed E-state index contributed by atoms with van der Waals surface area (Å²) in [6.07, 6.45) is 3.95. The van der Waals surface area contributed by atoms with Gasteiger partial charge < -0.3 is 25.4 Å². The maximum absolute atomic E-state index is 11.9. The van der Waals surface area contributed by atoms with Crippen LogP contribution < -0.4 is 5.32 Å². The molecule has 0 aliphatic carbocycles. The van der Waals surface area contributed by atoms with Crippen LogP contribution in [0.5, 0.6) is 0 Å². The SMILES string of the molecule is CC(C)CCCCCCCCC(=O)N[C@@H]1[C@@H](O)[C@H](O)[C@@H](C)O[C@H]1O. The van der Waals surface area contributed by atoms with Crippen molar-refractivity contribution >= 4 is 5.91 Å². The fraction of sp³-hybridized carbons (Fsp3) is 0.944. The molecule has 6 heteroatoms. The van der Waals surface area contributed by atoms with Gasteiger partial charge >= 0.3 is 0 Å². The number of aliphatic hydroxyl groups excluding tert-OH is 3. The second kappa shape index (κ2) is 11.0. The fourth-order valence-corrected chi connectivity index (χ4v) is 3.00. The molecule has 1 amide bonds. The van der Waals surface area contributed by atoms with E-state index in [9.17, 15) is 20.1 Å². The average Bonchev–Trinajstić information content (AvgIpc) is 2.51. The summed E-state index contributed by atoms with van der Waals surface area (Å²) in [4.78, 5) is 11.9. The molecule has 1 aliphatic rings. The molecule has 1 rings (SSSR count). The predicted octanol–water partition coefficient (Wildman–Crippen LogP) is 1.71. The van der Waals surface area contributed by atoms with Gasteiger partial charge in [0.05, 0.1) is 6.10 Å². The summed E-state index contributed by atoms with van der Waals surface area (Å²) in [6.45, 7) is 6.04. The summed E-state index contributed by atoms with van der Waals surface area (Å²) in [5.74, 6) is 0.535. The minimum atomic E-state index is -1.30. The lowest BCUT2D eigenvalue weighted by Crippen LogP contribution is -2.62. The maximum atomic E-state index is 11.9. The van der Waals surface area contributed by atoms with Gasteiger partial charge in [0.25, 0.3) is 0 Å². The van der Waals surface area contributed by atoms with Gasteiger partial charge in [0, 0.05) is 6.42 Å². The summed E-state index contributed by atoms with van der Waals surface area (Å²) >= 11 is 0. The maximum Gasteiger partial charge on any atom is 0.220 e. The summed E-state index contributed by atoms with van der Waals surface area (Å²) in [7, 11) is 0. The molecule has 1 heterocycles. The van der Waals surface area contributed by atoms with E-state index < -0.39 is 30.6 Å². The van der Waals surface area contributed by atoms with Crippen LogP contribution in [0.15, 0.2) is 0 Å². The Bertz CT molecular complexity index is 363. The molecule has 0 spiro atoms.